The van der Waals surface area contributed by atoms with Gasteiger partial charge in [0.15, 0.2) is 0 Å². The van der Waals surface area contributed by atoms with Crippen LogP contribution in [-0.2, 0) is 11.3 Å². The summed E-state index contributed by atoms with van der Waals surface area (Å²) >= 11 is 0. The maximum absolute atomic E-state index is 9.42. The molecule has 5 nitrogen and oxygen atoms in total. The van der Waals surface area contributed by atoms with E-state index in [-0.39, 0.29) is 0 Å². The minimum atomic E-state index is -0.401. The maximum Gasteiger partial charge on any atom is 0.138 e. The molecule has 0 radical (unpaired) electrons. The maximum atomic E-state index is 9.42. The Hall–Kier alpha value is -0.910. The van der Waals surface area contributed by atoms with E-state index in [1.165, 1.54) is 0 Å². The number of aliphatic hydroxyl groups excluding tert-OH is 1. The number of nitrogens with one attached hydrogen (secondary N) is 1. The highest BCUT2D eigenvalue weighted by Crippen LogP contribution is 2.11. The number of methoxy groups -OCH3 is 1. The largest absolute Gasteiger partial charge is 0.391 e. The van der Waals surface area contributed by atoms with Crippen LogP contribution in [0.3, 0.4) is 0 Å². The molecule has 0 aliphatic rings. The summed E-state index contributed by atoms with van der Waals surface area (Å²) in [6, 6.07) is 0. The van der Waals surface area contributed by atoms with Gasteiger partial charge in [0.2, 0.25) is 0 Å². The van der Waals surface area contributed by atoms with Crippen LogP contribution in [0.2, 0.25) is 0 Å². The van der Waals surface area contributed by atoms with Crippen molar-refractivity contribution in [1.82, 2.24) is 10.5 Å². The molecule has 0 saturated heterocycles. The van der Waals surface area contributed by atoms with Crippen LogP contribution in [0.1, 0.15) is 23.4 Å². The number of hydrogen-bond acceptors (Lipinski definition) is 5. The molecule has 0 fully saturated rings. The zero-order chi connectivity index (χ0) is 12.0. The Bertz CT molecular complexity index is 293. The van der Waals surface area contributed by atoms with Crippen LogP contribution < -0.4 is 5.32 Å². The highest BCUT2D eigenvalue weighted by Gasteiger charge is 2.08. The summed E-state index contributed by atoms with van der Waals surface area (Å²) in [6.45, 7) is 5.67. The molecule has 1 rings (SSSR count). The van der Waals surface area contributed by atoms with Gasteiger partial charge in [-0.25, -0.2) is 0 Å². The second-order valence-electron chi connectivity index (χ2n) is 3.88. The van der Waals surface area contributed by atoms with Gasteiger partial charge in [-0.05, 0) is 26.8 Å². The molecule has 0 aliphatic heterocycles. The van der Waals surface area contributed by atoms with Gasteiger partial charge in [-0.3, -0.25) is 0 Å². The lowest BCUT2D eigenvalue weighted by Crippen LogP contribution is -2.23. The third-order valence-corrected chi connectivity index (χ3v) is 2.50. The van der Waals surface area contributed by atoms with Gasteiger partial charge in [0, 0.05) is 19.2 Å². The highest BCUT2D eigenvalue weighted by atomic mass is 16.5. The van der Waals surface area contributed by atoms with Crippen LogP contribution >= 0.6 is 0 Å². The van der Waals surface area contributed by atoms with E-state index in [0.29, 0.717) is 13.0 Å². The summed E-state index contributed by atoms with van der Waals surface area (Å²) in [6.07, 6.45) is 0.277. The number of aliphatic hydroxyl groups is 1. The minimum absolute atomic E-state index is 0.382. The first-order valence-electron chi connectivity index (χ1n) is 5.44. The number of hydrogen-bond donors (Lipinski definition) is 2. The van der Waals surface area contributed by atoms with Crippen molar-refractivity contribution in [3.05, 3.63) is 17.0 Å². The predicted molar refractivity (Wildman–Crippen MR) is 60.2 cm³/mol. The molecule has 0 aromatic carbocycles. The van der Waals surface area contributed by atoms with E-state index < -0.39 is 6.10 Å². The standard InChI is InChI=1S/C11H20N2O3/c1-8-11(9(2)16-13-8)6-12-5-4-10(14)7-15-3/h10,12,14H,4-7H2,1-3H3. The van der Waals surface area contributed by atoms with Crippen LogP contribution in [0.4, 0.5) is 0 Å². The Kier molecular flexibility index (Phi) is 5.45. The van der Waals surface area contributed by atoms with Gasteiger partial charge in [-0.1, -0.05) is 5.16 Å². The van der Waals surface area contributed by atoms with Crippen molar-refractivity contribution in [3.8, 4) is 0 Å². The zero-order valence-corrected chi connectivity index (χ0v) is 10.1. The lowest BCUT2D eigenvalue weighted by molar-refractivity contribution is 0.0594. The minimum Gasteiger partial charge on any atom is -0.391 e. The van der Waals surface area contributed by atoms with E-state index in [2.05, 4.69) is 10.5 Å². The third-order valence-electron chi connectivity index (χ3n) is 2.50. The number of aryl methyl sites for hydroxylation is 2. The molecule has 1 aromatic rings. The Morgan fingerprint density at radius 3 is 2.81 bits per heavy atom. The van der Waals surface area contributed by atoms with Gasteiger partial charge in [-0.2, -0.15) is 0 Å². The Labute approximate surface area is 95.8 Å². The number of aromatic nitrogens is 1. The molecule has 1 atom stereocenters. The van der Waals surface area contributed by atoms with E-state index in [4.69, 9.17) is 9.26 Å². The summed E-state index contributed by atoms with van der Waals surface area (Å²) < 4.78 is 9.89. The van der Waals surface area contributed by atoms with Crippen LogP contribution in [-0.4, -0.2) is 36.6 Å². The van der Waals surface area contributed by atoms with Gasteiger partial charge in [-0.15, -0.1) is 0 Å². The van der Waals surface area contributed by atoms with Gasteiger partial charge in [0.25, 0.3) is 0 Å². The molecule has 0 spiro atoms. The average molecular weight is 228 g/mol. The van der Waals surface area contributed by atoms with Crippen LogP contribution in [0.15, 0.2) is 4.52 Å². The van der Waals surface area contributed by atoms with Gasteiger partial charge < -0.3 is 19.7 Å². The van der Waals surface area contributed by atoms with Crippen LogP contribution in [0, 0.1) is 13.8 Å². The highest BCUT2D eigenvalue weighted by molar-refractivity contribution is 5.20. The lowest BCUT2D eigenvalue weighted by atomic mass is 10.2. The summed E-state index contributed by atoms with van der Waals surface area (Å²) in [5.41, 5.74) is 2.02. The average Bonchev–Trinajstić information content (AvgIpc) is 2.55. The summed E-state index contributed by atoms with van der Waals surface area (Å²) in [5.74, 6) is 0.849. The Balaban J connectivity index is 2.21. The Morgan fingerprint density at radius 1 is 1.50 bits per heavy atom. The predicted octanol–water partition coefficient (Wildman–Crippen LogP) is 0.778. The number of ether oxygens (including phenoxy) is 1. The van der Waals surface area contributed by atoms with Crippen molar-refractivity contribution in [2.45, 2.75) is 32.9 Å². The summed E-state index contributed by atoms with van der Waals surface area (Å²) in [7, 11) is 1.58. The number of nitrogens with zero attached hydrogens (tertiary/aromatic N) is 1. The van der Waals surface area contributed by atoms with Crippen molar-refractivity contribution >= 4 is 0 Å². The molecule has 1 aromatic heterocycles. The fourth-order valence-electron chi connectivity index (χ4n) is 1.51. The van der Waals surface area contributed by atoms with E-state index in [1.807, 2.05) is 13.8 Å². The molecule has 1 unspecified atom stereocenters. The molecule has 0 amide bonds. The van der Waals surface area contributed by atoms with Crippen molar-refractivity contribution < 1.29 is 14.4 Å². The third kappa shape index (κ3) is 3.92. The van der Waals surface area contributed by atoms with E-state index >= 15 is 0 Å². The van der Waals surface area contributed by atoms with E-state index in [1.54, 1.807) is 7.11 Å². The first-order valence-corrected chi connectivity index (χ1v) is 5.44. The molecule has 2 N–H and O–H groups in total. The van der Waals surface area contributed by atoms with E-state index in [9.17, 15) is 5.11 Å². The van der Waals surface area contributed by atoms with Crippen molar-refractivity contribution in [1.29, 1.82) is 0 Å². The van der Waals surface area contributed by atoms with Gasteiger partial charge in [0.05, 0.1) is 18.4 Å². The fraction of sp³-hybridized carbons (Fsp3) is 0.727. The number of rotatable bonds is 7. The second-order valence-corrected chi connectivity index (χ2v) is 3.88. The first kappa shape index (κ1) is 13.2. The lowest BCUT2D eigenvalue weighted by Gasteiger charge is -2.09. The van der Waals surface area contributed by atoms with Crippen molar-refractivity contribution in [2.75, 3.05) is 20.3 Å². The SMILES string of the molecule is COCC(O)CCNCc1c(C)noc1C. The van der Waals surface area contributed by atoms with Crippen LogP contribution in [0.5, 0.6) is 0 Å². The fourth-order valence-corrected chi connectivity index (χ4v) is 1.51. The molecule has 1 heterocycles. The molecule has 92 valence electrons. The van der Waals surface area contributed by atoms with Crippen LogP contribution in [0.25, 0.3) is 0 Å². The second kappa shape index (κ2) is 6.62. The first-order chi connectivity index (χ1) is 7.65. The molecule has 5 heteroatoms. The molecular weight excluding hydrogens is 208 g/mol. The molecule has 0 saturated carbocycles. The molecule has 0 bridgehead atoms. The van der Waals surface area contributed by atoms with Crippen molar-refractivity contribution in [3.63, 3.8) is 0 Å². The molecule has 16 heavy (non-hydrogen) atoms. The van der Waals surface area contributed by atoms with Gasteiger partial charge >= 0.3 is 0 Å². The van der Waals surface area contributed by atoms with Crippen molar-refractivity contribution in [2.24, 2.45) is 0 Å². The Morgan fingerprint density at radius 2 is 2.25 bits per heavy atom. The summed E-state index contributed by atoms with van der Waals surface area (Å²) in [4.78, 5) is 0. The molecule has 0 aliphatic carbocycles. The zero-order valence-electron chi connectivity index (χ0n) is 10.1. The van der Waals surface area contributed by atoms with Gasteiger partial charge in [0.1, 0.15) is 5.76 Å². The molecular formula is C11H20N2O3. The summed E-state index contributed by atoms with van der Waals surface area (Å²) in [5, 5.41) is 16.5. The topological polar surface area (TPSA) is 67.5 Å². The quantitative estimate of drug-likeness (QED) is 0.675. The normalized spacial score (nSPS) is 13.0. The smallest absolute Gasteiger partial charge is 0.138 e. The monoisotopic (exact) mass is 228 g/mol. The van der Waals surface area contributed by atoms with E-state index in [0.717, 1.165) is 30.1 Å².